The van der Waals surface area contributed by atoms with Crippen molar-refractivity contribution in [1.29, 1.82) is 0 Å². The minimum atomic E-state index is 0.375. The summed E-state index contributed by atoms with van der Waals surface area (Å²) in [5, 5.41) is 0. The average molecular weight is 297 g/mol. The second-order valence-electron chi connectivity index (χ2n) is 5.02. The zero-order chi connectivity index (χ0) is 12.3. The third-order valence-corrected chi connectivity index (χ3v) is 4.21. The van der Waals surface area contributed by atoms with E-state index in [0.29, 0.717) is 12.6 Å². The molecule has 17 heavy (non-hydrogen) atoms. The lowest BCUT2D eigenvalue weighted by Gasteiger charge is -2.36. The summed E-state index contributed by atoms with van der Waals surface area (Å²) in [6.45, 7) is 5.39. The van der Waals surface area contributed by atoms with E-state index in [9.17, 15) is 0 Å². The first kappa shape index (κ1) is 13.1. The molecule has 1 aromatic rings. The van der Waals surface area contributed by atoms with Gasteiger partial charge in [-0.3, -0.25) is 4.90 Å². The predicted octanol–water partition coefficient (Wildman–Crippen LogP) is 3.18. The standard InChI is InChI=1S/C14H21BrN2/c1-11-5-7-17(8-6-11)14(10-16)12-3-2-4-13(15)9-12/h2-4,9,11,14H,5-8,10,16H2,1H3. The summed E-state index contributed by atoms with van der Waals surface area (Å²) in [4.78, 5) is 2.53. The maximum Gasteiger partial charge on any atom is 0.0470 e. The predicted molar refractivity (Wildman–Crippen MR) is 75.9 cm³/mol. The Morgan fingerprint density at radius 3 is 2.71 bits per heavy atom. The van der Waals surface area contributed by atoms with Gasteiger partial charge in [-0.25, -0.2) is 0 Å². The fourth-order valence-electron chi connectivity index (χ4n) is 2.55. The highest BCUT2D eigenvalue weighted by Gasteiger charge is 2.23. The first-order valence-electron chi connectivity index (χ1n) is 6.40. The molecule has 0 aromatic heterocycles. The summed E-state index contributed by atoms with van der Waals surface area (Å²) in [6.07, 6.45) is 2.59. The highest BCUT2D eigenvalue weighted by molar-refractivity contribution is 9.10. The minimum absolute atomic E-state index is 0.375. The number of rotatable bonds is 3. The molecular formula is C14H21BrN2. The van der Waals surface area contributed by atoms with Gasteiger partial charge in [0.1, 0.15) is 0 Å². The quantitative estimate of drug-likeness (QED) is 0.928. The van der Waals surface area contributed by atoms with E-state index in [-0.39, 0.29) is 0 Å². The molecule has 94 valence electrons. The van der Waals surface area contributed by atoms with Gasteiger partial charge in [-0.2, -0.15) is 0 Å². The van der Waals surface area contributed by atoms with Crippen LogP contribution in [0.15, 0.2) is 28.7 Å². The lowest BCUT2D eigenvalue weighted by Crippen LogP contribution is -2.39. The molecule has 1 aliphatic rings. The zero-order valence-corrected chi connectivity index (χ0v) is 12.0. The molecule has 1 aliphatic heterocycles. The minimum Gasteiger partial charge on any atom is -0.329 e. The highest BCUT2D eigenvalue weighted by Crippen LogP contribution is 2.27. The molecule has 1 heterocycles. The van der Waals surface area contributed by atoms with Crippen LogP contribution >= 0.6 is 15.9 Å². The summed E-state index contributed by atoms with van der Waals surface area (Å²) in [7, 11) is 0. The number of likely N-dealkylation sites (tertiary alicyclic amines) is 1. The summed E-state index contributed by atoms with van der Waals surface area (Å²) < 4.78 is 1.14. The van der Waals surface area contributed by atoms with Gasteiger partial charge in [0.25, 0.3) is 0 Å². The largest absolute Gasteiger partial charge is 0.329 e. The van der Waals surface area contributed by atoms with E-state index in [1.807, 2.05) is 0 Å². The first-order chi connectivity index (χ1) is 8.20. The molecule has 1 fully saturated rings. The fourth-order valence-corrected chi connectivity index (χ4v) is 2.97. The van der Waals surface area contributed by atoms with E-state index in [4.69, 9.17) is 5.73 Å². The third-order valence-electron chi connectivity index (χ3n) is 3.72. The Labute approximate surface area is 112 Å². The Morgan fingerprint density at radius 2 is 2.12 bits per heavy atom. The summed E-state index contributed by atoms with van der Waals surface area (Å²) in [5.41, 5.74) is 7.29. The molecule has 0 radical (unpaired) electrons. The Bertz CT molecular complexity index is 359. The van der Waals surface area contributed by atoms with Crippen molar-refractivity contribution in [3.8, 4) is 0 Å². The second kappa shape index (κ2) is 5.98. The molecule has 1 atom stereocenters. The molecule has 0 aliphatic carbocycles. The SMILES string of the molecule is CC1CCN(C(CN)c2cccc(Br)c2)CC1. The van der Waals surface area contributed by atoms with Crippen LogP contribution in [0.3, 0.4) is 0 Å². The van der Waals surface area contributed by atoms with E-state index < -0.39 is 0 Å². The van der Waals surface area contributed by atoms with Crippen LogP contribution in [0.25, 0.3) is 0 Å². The fraction of sp³-hybridized carbons (Fsp3) is 0.571. The van der Waals surface area contributed by atoms with E-state index in [1.165, 1.54) is 31.5 Å². The van der Waals surface area contributed by atoms with Crippen molar-refractivity contribution in [2.75, 3.05) is 19.6 Å². The number of nitrogens with two attached hydrogens (primary N) is 1. The smallest absolute Gasteiger partial charge is 0.0470 e. The summed E-state index contributed by atoms with van der Waals surface area (Å²) >= 11 is 3.53. The van der Waals surface area contributed by atoms with Crippen molar-refractivity contribution in [3.05, 3.63) is 34.3 Å². The van der Waals surface area contributed by atoms with Gasteiger partial charge in [0.05, 0.1) is 0 Å². The normalized spacial score (nSPS) is 20.4. The van der Waals surface area contributed by atoms with Crippen molar-refractivity contribution < 1.29 is 0 Å². The lowest BCUT2D eigenvalue weighted by atomic mass is 9.96. The van der Waals surface area contributed by atoms with Crippen LogP contribution in [0.2, 0.25) is 0 Å². The Morgan fingerprint density at radius 1 is 1.41 bits per heavy atom. The van der Waals surface area contributed by atoms with Crippen LogP contribution in [0.1, 0.15) is 31.4 Å². The molecule has 0 saturated carbocycles. The van der Waals surface area contributed by atoms with Gasteiger partial charge in [0.15, 0.2) is 0 Å². The topological polar surface area (TPSA) is 29.3 Å². The van der Waals surface area contributed by atoms with Crippen LogP contribution in [0.4, 0.5) is 0 Å². The number of piperidine rings is 1. The van der Waals surface area contributed by atoms with Crippen molar-refractivity contribution in [2.45, 2.75) is 25.8 Å². The van der Waals surface area contributed by atoms with Gasteiger partial charge in [-0.15, -0.1) is 0 Å². The summed E-state index contributed by atoms with van der Waals surface area (Å²) in [5.74, 6) is 0.868. The maximum absolute atomic E-state index is 5.96. The number of hydrogen-bond donors (Lipinski definition) is 1. The molecule has 1 unspecified atom stereocenters. The Kier molecular flexibility index (Phi) is 4.60. The number of halogens is 1. The van der Waals surface area contributed by atoms with E-state index in [1.54, 1.807) is 0 Å². The van der Waals surface area contributed by atoms with Crippen LogP contribution in [0.5, 0.6) is 0 Å². The Hall–Kier alpha value is -0.380. The second-order valence-corrected chi connectivity index (χ2v) is 5.94. The van der Waals surface area contributed by atoms with Crippen molar-refractivity contribution in [1.82, 2.24) is 4.90 Å². The van der Waals surface area contributed by atoms with Crippen LogP contribution in [0, 0.1) is 5.92 Å². The van der Waals surface area contributed by atoms with E-state index in [0.717, 1.165) is 10.4 Å². The van der Waals surface area contributed by atoms with Crippen molar-refractivity contribution in [3.63, 3.8) is 0 Å². The van der Waals surface area contributed by atoms with Gasteiger partial charge >= 0.3 is 0 Å². The van der Waals surface area contributed by atoms with Gasteiger partial charge in [-0.05, 0) is 49.5 Å². The van der Waals surface area contributed by atoms with Crippen molar-refractivity contribution >= 4 is 15.9 Å². The third kappa shape index (κ3) is 3.30. The van der Waals surface area contributed by atoms with Gasteiger partial charge < -0.3 is 5.73 Å². The Balaban J connectivity index is 2.10. The maximum atomic E-state index is 5.96. The lowest BCUT2D eigenvalue weighted by molar-refractivity contribution is 0.141. The van der Waals surface area contributed by atoms with Crippen molar-refractivity contribution in [2.24, 2.45) is 11.7 Å². The highest BCUT2D eigenvalue weighted by atomic mass is 79.9. The molecule has 3 heteroatoms. The van der Waals surface area contributed by atoms with Crippen LogP contribution in [-0.2, 0) is 0 Å². The van der Waals surface area contributed by atoms with E-state index >= 15 is 0 Å². The van der Waals surface area contributed by atoms with Gasteiger partial charge in [0, 0.05) is 17.1 Å². The van der Waals surface area contributed by atoms with Gasteiger partial charge in [0.2, 0.25) is 0 Å². The average Bonchev–Trinajstić information content (AvgIpc) is 2.33. The molecule has 1 saturated heterocycles. The molecular weight excluding hydrogens is 276 g/mol. The number of benzene rings is 1. The number of nitrogens with zero attached hydrogens (tertiary/aromatic N) is 1. The van der Waals surface area contributed by atoms with E-state index in [2.05, 4.69) is 52.0 Å². The molecule has 0 spiro atoms. The number of hydrogen-bond acceptors (Lipinski definition) is 2. The summed E-state index contributed by atoms with van der Waals surface area (Å²) in [6, 6.07) is 8.90. The molecule has 1 aromatic carbocycles. The first-order valence-corrected chi connectivity index (χ1v) is 7.19. The van der Waals surface area contributed by atoms with Crippen LogP contribution in [-0.4, -0.2) is 24.5 Å². The van der Waals surface area contributed by atoms with Gasteiger partial charge in [-0.1, -0.05) is 35.0 Å². The molecule has 2 N–H and O–H groups in total. The molecule has 2 rings (SSSR count). The monoisotopic (exact) mass is 296 g/mol. The van der Waals surface area contributed by atoms with Crippen LogP contribution < -0.4 is 5.73 Å². The zero-order valence-electron chi connectivity index (χ0n) is 10.4. The molecule has 2 nitrogen and oxygen atoms in total. The molecule has 0 bridgehead atoms. The molecule has 0 amide bonds.